The van der Waals surface area contributed by atoms with Crippen molar-refractivity contribution in [3.8, 4) is 11.6 Å². The van der Waals surface area contributed by atoms with E-state index in [4.69, 9.17) is 17.0 Å². The number of aromatic hydroxyl groups is 1. The highest BCUT2D eigenvalue weighted by atomic mass is 32.1. The Bertz CT molecular complexity index is 1480. The molecule has 0 aliphatic carbocycles. The number of hydrogen-bond donors (Lipinski definition) is 2. The molecule has 3 aromatic carbocycles. The molecule has 0 bridgehead atoms. The lowest BCUT2D eigenvalue weighted by atomic mass is 10.1. The number of ether oxygens (including phenoxy) is 1. The number of fused-ring (bicyclic) bond motifs is 1. The molecule has 0 amide bonds. The Kier molecular flexibility index (Phi) is 7.57. The van der Waals surface area contributed by atoms with Gasteiger partial charge in [-0.3, -0.25) is 9.47 Å². The largest absolute Gasteiger partial charge is 0.497 e. The molecule has 1 aliphatic rings. The van der Waals surface area contributed by atoms with Crippen LogP contribution in [-0.4, -0.2) is 52.5 Å². The van der Waals surface area contributed by atoms with Crippen LogP contribution in [-0.2, 0) is 6.67 Å². The maximum absolute atomic E-state index is 11.2. The zero-order chi connectivity index (χ0) is 26.6. The lowest BCUT2D eigenvalue weighted by Crippen LogP contribution is -2.52. The summed E-state index contributed by atoms with van der Waals surface area (Å²) in [6, 6.07) is 24.2. The second-order valence-corrected chi connectivity index (χ2v) is 9.97. The molecule has 0 saturated carbocycles. The number of benzene rings is 3. The first kappa shape index (κ1) is 25.7. The van der Waals surface area contributed by atoms with Crippen LogP contribution in [0, 0.1) is 6.92 Å². The van der Waals surface area contributed by atoms with Gasteiger partial charge in [-0.15, -0.1) is 10.2 Å². The highest BCUT2D eigenvalue weighted by Crippen LogP contribution is 2.39. The van der Waals surface area contributed by atoms with E-state index >= 15 is 0 Å². The third-order valence-electron chi connectivity index (χ3n) is 6.87. The van der Waals surface area contributed by atoms with E-state index in [2.05, 4.69) is 63.5 Å². The lowest BCUT2D eigenvalue weighted by molar-refractivity contribution is 0.179. The summed E-state index contributed by atoms with van der Waals surface area (Å²) in [6.07, 6.45) is 0. The minimum atomic E-state index is 0.0768. The fourth-order valence-corrected chi connectivity index (χ4v) is 5.17. The van der Waals surface area contributed by atoms with Crippen molar-refractivity contribution in [2.24, 2.45) is 10.2 Å². The molecule has 2 heterocycles. The monoisotopic (exact) mass is 528 g/mol. The van der Waals surface area contributed by atoms with Crippen molar-refractivity contribution in [2.45, 2.75) is 26.6 Å². The van der Waals surface area contributed by atoms with Crippen LogP contribution in [0.3, 0.4) is 0 Å². The standard InChI is InChI=1S/C29H32N6O2S/c1-20-8-6-10-23(16-20)34-15-14-33(18-21(34)2)19-35-26-13-5-4-12-25(26)27(28(35)36)31-32-29(38)30-22-9-7-11-24(17-22)37-3/h4-13,16-17,21,36H,14-15,18-19H2,1-3H3,(H,30,38). The Labute approximate surface area is 228 Å². The third kappa shape index (κ3) is 5.49. The van der Waals surface area contributed by atoms with E-state index in [0.29, 0.717) is 24.1 Å². The molecular weight excluding hydrogens is 496 g/mol. The molecule has 9 heteroatoms. The summed E-state index contributed by atoms with van der Waals surface area (Å²) in [5.41, 5.74) is 4.58. The highest BCUT2D eigenvalue weighted by Gasteiger charge is 2.26. The first-order valence-electron chi connectivity index (χ1n) is 12.7. The fourth-order valence-electron chi connectivity index (χ4n) is 5.01. The van der Waals surface area contributed by atoms with Crippen molar-refractivity contribution in [3.05, 3.63) is 78.4 Å². The van der Waals surface area contributed by atoms with Gasteiger partial charge in [-0.2, -0.15) is 0 Å². The van der Waals surface area contributed by atoms with E-state index < -0.39 is 0 Å². The number of nitrogens with zero attached hydrogens (tertiary/aromatic N) is 5. The molecule has 1 saturated heterocycles. The molecule has 1 aliphatic heterocycles. The molecule has 38 heavy (non-hydrogen) atoms. The number of rotatable bonds is 6. The number of nitrogens with one attached hydrogen (secondary N) is 1. The Morgan fingerprint density at radius 3 is 2.68 bits per heavy atom. The van der Waals surface area contributed by atoms with Crippen LogP contribution in [0.15, 0.2) is 83.0 Å². The van der Waals surface area contributed by atoms with Gasteiger partial charge in [-0.1, -0.05) is 36.4 Å². The first-order chi connectivity index (χ1) is 18.4. The van der Waals surface area contributed by atoms with Crippen LogP contribution < -0.4 is 15.0 Å². The fraction of sp³-hybridized carbons (Fsp3) is 0.276. The molecule has 1 unspecified atom stereocenters. The topological polar surface area (TPSA) is 77.6 Å². The number of hydrogen-bond acceptors (Lipinski definition) is 6. The summed E-state index contributed by atoms with van der Waals surface area (Å²) >= 11 is 5.38. The molecule has 5 rings (SSSR count). The molecule has 196 valence electrons. The molecule has 8 nitrogen and oxygen atoms in total. The van der Waals surface area contributed by atoms with Crippen LogP contribution in [0.4, 0.5) is 17.1 Å². The molecule has 2 N–H and O–H groups in total. The van der Waals surface area contributed by atoms with E-state index in [1.165, 1.54) is 11.3 Å². The van der Waals surface area contributed by atoms with E-state index in [1.54, 1.807) is 7.11 Å². The smallest absolute Gasteiger partial charge is 0.221 e. The Morgan fingerprint density at radius 1 is 1.08 bits per heavy atom. The van der Waals surface area contributed by atoms with Crippen molar-refractivity contribution >= 4 is 45.3 Å². The minimum Gasteiger partial charge on any atom is -0.497 e. The van der Waals surface area contributed by atoms with Gasteiger partial charge in [0.1, 0.15) is 5.75 Å². The van der Waals surface area contributed by atoms with Gasteiger partial charge in [-0.25, -0.2) is 0 Å². The van der Waals surface area contributed by atoms with Crippen LogP contribution in [0.2, 0.25) is 0 Å². The average molecular weight is 529 g/mol. The number of piperazine rings is 1. The molecule has 1 aromatic heterocycles. The first-order valence-corrected chi connectivity index (χ1v) is 13.1. The Hall–Kier alpha value is -3.95. The highest BCUT2D eigenvalue weighted by molar-refractivity contribution is 7.80. The SMILES string of the molecule is COc1cccc(NC(=S)N=Nc2c(O)n(CN3CCN(c4cccc(C)c4)C(C)C3)c3ccccc23)c1. The van der Waals surface area contributed by atoms with Gasteiger partial charge in [0.25, 0.3) is 0 Å². The van der Waals surface area contributed by atoms with Crippen molar-refractivity contribution in [3.63, 3.8) is 0 Å². The quantitative estimate of drug-likeness (QED) is 0.226. The third-order valence-corrected chi connectivity index (χ3v) is 7.05. The van der Waals surface area contributed by atoms with Gasteiger partial charge in [0, 0.05) is 48.5 Å². The number of aryl methyl sites for hydroxylation is 1. The second kappa shape index (κ2) is 11.2. The number of anilines is 2. The zero-order valence-corrected chi connectivity index (χ0v) is 22.7. The molecular formula is C29H32N6O2S. The molecule has 4 aromatic rings. The van der Waals surface area contributed by atoms with Crippen molar-refractivity contribution in [2.75, 3.05) is 37.0 Å². The summed E-state index contributed by atoms with van der Waals surface area (Å²) in [5.74, 6) is 0.789. The normalized spacial score (nSPS) is 16.3. The number of azo groups is 1. The summed E-state index contributed by atoms with van der Waals surface area (Å²) in [6.45, 7) is 7.61. The molecule has 0 spiro atoms. The minimum absolute atomic E-state index is 0.0768. The van der Waals surface area contributed by atoms with Crippen LogP contribution in [0.25, 0.3) is 10.9 Å². The number of thiocarbonyl (C=S) groups is 1. The van der Waals surface area contributed by atoms with Gasteiger partial charge >= 0.3 is 0 Å². The van der Waals surface area contributed by atoms with Crippen molar-refractivity contribution in [1.29, 1.82) is 0 Å². The maximum Gasteiger partial charge on any atom is 0.221 e. The Morgan fingerprint density at radius 2 is 1.89 bits per heavy atom. The average Bonchev–Trinajstić information content (AvgIpc) is 3.18. The summed E-state index contributed by atoms with van der Waals surface area (Å²) in [4.78, 5) is 4.81. The maximum atomic E-state index is 11.2. The van der Waals surface area contributed by atoms with E-state index in [9.17, 15) is 5.11 Å². The molecule has 1 atom stereocenters. The number of aromatic nitrogens is 1. The van der Waals surface area contributed by atoms with E-state index in [0.717, 1.165) is 36.2 Å². The van der Waals surface area contributed by atoms with Gasteiger partial charge < -0.3 is 20.1 Å². The molecule has 0 radical (unpaired) electrons. The second-order valence-electron chi connectivity index (χ2n) is 9.58. The lowest BCUT2D eigenvalue weighted by Gasteiger charge is -2.41. The summed E-state index contributed by atoms with van der Waals surface area (Å²) in [5, 5.41) is 23.8. The summed E-state index contributed by atoms with van der Waals surface area (Å²) in [7, 11) is 1.61. The predicted octanol–water partition coefficient (Wildman–Crippen LogP) is 6.31. The van der Waals surface area contributed by atoms with Gasteiger partial charge in [-0.05, 0) is 62.0 Å². The summed E-state index contributed by atoms with van der Waals surface area (Å²) < 4.78 is 7.15. The van der Waals surface area contributed by atoms with Gasteiger partial charge in [0.15, 0.2) is 5.69 Å². The van der Waals surface area contributed by atoms with Crippen molar-refractivity contribution in [1.82, 2.24) is 9.47 Å². The van der Waals surface area contributed by atoms with E-state index in [1.807, 2.05) is 53.1 Å². The van der Waals surface area contributed by atoms with Crippen LogP contribution in [0.1, 0.15) is 12.5 Å². The van der Waals surface area contributed by atoms with Gasteiger partial charge in [0.05, 0.1) is 19.3 Å². The predicted molar refractivity (Wildman–Crippen MR) is 157 cm³/mol. The van der Waals surface area contributed by atoms with Crippen LogP contribution >= 0.6 is 12.2 Å². The van der Waals surface area contributed by atoms with Crippen molar-refractivity contribution < 1.29 is 9.84 Å². The van der Waals surface area contributed by atoms with E-state index in [-0.39, 0.29) is 11.0 Å². The molecule has 1 fully saturated rings. The van der Waals surface area contributed by atoms with Crippen LogP contribution in [0.5, 0.6) is 11.6 Å². The Balaban J connectivity index is 1.33. The zero-order valence-electron chi connectivity index (χ0n) is 21.8. The number of methoxy groups -OCH3 is 1. The number of para-hydroxylation sites is 1. The van der Waals surface area contributed by atoms with Gasteiger partial charge in [0.2, 0.25) is 11.0 Å².